The summed E-state index contributed by atoms with van der Waals surface area (Å²) in [5.41, 5.74) is 3.43. The van der Waals surface area contributed by atoms with E-state index in [1.54, 1.807) is 12.1 Å². The van der Waals surface area contributed by atoms with E-state index in [1.165, 1.54) is 23.3 Å². The van der Waals surface area contributed by atoms with Crippen LogP contribution < -0.4 is 10.1 Å². The summed E-state index contributed by atoms with van der Waals surface area (Å²) in [7, 11) is 0. The molecule has 1 fully saturated rings. The summed E-state index contributed by atoms with van der Waals surface area (Å²) in [6.45, 7) is 4.21. The zero-order valence-electron chi connectivity index (χ0n) is 19.3. The molecule has 1 N–H and O–H groups in total. The third-order valence-electron chi connectivity index (χ3n) is 5.93. The van der Waals surface area contributed by atoms with Crippen molar-refractivity contribution in [2.24, 2.45) is 0 Å². The summed E-state index contributed by atoms with van der Waals surface area (Å²) >= 11 is 0. The third-order valence-corrected chi connectivity index (χ3v) is 5.93. The zero-order chi connectivity index (χ0) is 22.7. The highest BCUT2D eigenvalue weighted by molar-refractivity contribution is 5.85. The Hall–Kier alpha value is -2.44. The van der Waals surface area contributed by atoms with Crippen LogP contribution in [0.1, 0.15) is 35.4 Å². The average Bonchev–Trinajstić information content (AvgIpc) is 2.87. The Balaban J connectivity index is 0.00000324. The third kappa shape index (κ3) is 8.10. The maximum Gasteiger partial charge on any atom is 0.123 e. The Labute approximate surface area is 207 Å². The highest BCUT2D eigenvalue weighted by atomic mass is 35.5. The predicted octanol–water partition coefficient (Wildman–Crippen LogP) is 5.90. The van der Waals surface area contributed by atoms with Gasteiger partial charge in [-0.3, -0.25) is 0 Å². The number of nitrogens with one attached hydrogen (secondary N) is 1. The normalized spacial score (nSPS) is 17.7. The molecule has 4 nitrogen and oxygen atoms in total. The van der Waals surface area contributed by atoms with Crippen molar-refractivity contribution >= 4 is 12.4 Å². The number of rotatable bonds is 11. The van der Waals surface area contributed by atoms with Crippen LogP contribution in [0.15, 0.2) is 78.9 Å². The Morgan fingerprint density at radius 3 is 2.32 bits per heavy atom. The van der Waals surface area contributed by atoms with E-state index in [9.17, 15) is 4.39 Å². The SMILES string of the molecule is Cl.Fc1ccc(COC2CNCCC2c2ccc(OCCCOCc3ccccc3)cc2)cc1. The molecule has 0 bridgehead atoms. The van der Waals surface area contributed by atoms with Crippen LogP contribution in [0.3, 0.4) is 0 Å². The van der Waals surface area contributed by atoms with Crippen molar-refractivity contribution in [3.63, 3.8) is 0 Å². The number of hydrogen-bond donors (Lipinski definition) is 1. The molecule has 4 rings (SSSR count). The summed E-state index contributed by atoms with van der Waals surface area (Å²) in [5, 5.41) is 3.42. The lowest BCUT2D eigenvalue weighted by molar-refractivity contribution is 0.0106. The Morgan fingerprint density at radius 1 is 0.824 bits per heavy atom. The molecule has 3 aromatic carbocycles. The van der Waals surface area contributed by atoms with Crippen molar-refractivity contribution in [3.8, 4) is 5.75 Å². The molecule has 0 amide bonds. The summed E-state index contributed by atoms with van der Waals surface area (Å²) in [4.78, 5) is 0. The molecule has 1 heterocycles. The topological polar surface area (TPSA) is 39.7 Å². The van der Waals surface area contributed by atoms with Crippen LogP contribution in [0.4, 0.5) is 4.39 Å². The van der Waals surface area contributed by atoms with Crippen LogP contribution in [-0.2, 0) is 22.7 Å². The molecule has 0 spiro atoms. The first-order valence-corrected chi connectivity index (χ1v) is 11.7. The molecule has 0 saturated carbocycles. The summed E-state index contributed by atoms with van der Waals surface area (Å²) in [6, 6.07) is 25.1. The lowest BCUT2D eigenvalue weighted by Gasteiger charge is -2.32. The van der Waals surface area contributed by atoms with Gasteiger partial charge in [0.2, 0.25) is 0 Å². The maximum absolute atomic E-state index is 13.1. The molecular formula is C28H33ClFNO3. The minimum absolute atomic E-state index is 0. The molecule has 182 valence electrons. The minimum atomic E-state index is -0.224. The first-order chi connectivity index (χ1) is 16.3. The Kier molecular flexibility index (Phi) is 10.8. The second-order valence-corrected chi connectivity index (χ2v) is 8.38. The maximum atomic E-state index is 13.1. The fraction of sp³-hybridized carbons (Fsp3) is 0.357. The number of halogens is 2. The highest BCUT2D eigenvalue weighted by Crippen LogP contribution is 2.29. The molecule has 1 aliphatic heterocycles. The lowest BCUT2D eigenvalue weighted by atomic mass is 9.87. The Bertz CT molecular complexity index is 954. The van der Waals surface area contributed by atoms with Gasteiger partial charge in [0.05, 0.1) is 32.5 Å². The predicted molar refractivity (Wildman–Crippen MR) is 135 cm³/mol. The van der Waals surface area contributed by atoms with Crippen LogP contribution in [0, 0.1) is 5.82 Å². The average molecular weight is 486 g/mol. The van der Waals surface area contributed by atoms with Crippen molar-refractivity contribution in [2.45, 2.75) is 38.1 Å². The molecule has 3 aromatic rings. The second-order valence-electron chi connectivity index (χ2n) is 8.38. The molecular weight excluding hydrogens is 453 g/mol. The summed E-state index contributed by atoms with van der Waals surface area (Å²) < 4.78 is 30.9. The number of piperidine rings is 1. The van der Waals surface area contributed by atoms with Gasteiger partial charge in [0, 0.05) is 18.9 Å². The van der Waals surface area contributed by atoms with Crippen LogP contribution in [-0.4, -0.2) is 32.4 Å². The van der Waals surface area contributed by atoms with E-state index >= 15 is 0 Å². The fourth-order valence-electron chi connectivity index (χ4n) is 4.10. The zero-order valence-corrected chi connectivity index (χ0v) is 20.1. The Morgan fingerprint density at radius 2 is 1.56 bits per heavy atom. The van der Waals surface area contributed by atoms with Crippen molar-refractivity contribution in [1.29, 1.82) is 0 Å². The van der Waals surface area contributed by atoms with Gasteiger partial charge in [0.1, 0.15) is 11.6 Å². The van der Waals surface area contributed by atoms with Crippen molar-refractivity contribution in [3.05, 3.63) is 101 Å². The smallest absolute Gasteiger partial charge is 0.123 e. The lowest BCUT2D eigenvalue weighted by Crippen LogP contribution is -2.40. The minimum Gasteiger partial charge on any atom is -0.494 e. The second kappa shape index (κ2) is 14.1. The fourth-order valence-corrected chi connectivity index (χ4v) is 4.10. The monoisotopic (exact) mass is 485 g/mol. The number of benzene rings is 3. The molecule has 0 radical (unpaired) electrons. The molecule has 2 unspecified atom stereocenters. The molecule has 0 aromatic heterocycles. The first-order valence-electron chi connectivity index (χ1n) is 11.7. The van der Waals surface area contributed by atoms with E-state index in [1.807, 2.05) is 30.3 Å². The number of hydrogen-bond acceptors (Lipinski definition) is 4. The molecule has 1 aliphatic rings. The van der Waals surface area contributed by atoms with Gasteiger partial charge in [0.15, 0.2) is 0 Å². The van der Waals surface area contributed by atoms with Gasteiger partial charge in [-0.05, 0) is 53.9 Å². The highest BCUT2D eigenvalue weighted by Gasteiger charge is 2.27. The van der Waals surface area contributed by atoms with Gasteiger partial charge in [0.25, 0.3) is 0 Å². The molecule has 0 aliphatic carbocycles. The van der Waals surface area contributed by atoms with Gasteiger partial charge in [-0.1, -0.05) is 54.6 Å². The van der Waals surface area contributed by atoms with E-state index in [0.29, 0.717) is 32.3 Å². The quantitative estimate of drug-likeness (QED) is 0.343. The van der Waals surface area contributed by atoms with E-state index in [0.717, 1.165) is 37.2 Å². The van der Waals surface area contributed by atoms with Gasteiger partial charge in [-0.2, -0.15) is 0 Å². The van der Waals surface area contributed by atoms with Crippen molar-refractivity contribution in [2.75, 3.05) is 26.3 Å². The van der Waals surface area contributed by atoms with Crippen molar-refractivity contribution < 1.29 is 18.6 Å². The molecule has 6 heteroatoms. The molecule has 2 atom stereocenters. The van der Waals surface area contributed by atoms with Crippen molar-refractivity contribution in [1.82, 2.24) is 5.32 Å². The van der Waals surface area contributed by atoms with Gasteiger partial charge < -0.3 is 19.5 Å². The van der Waals surface area contributed by atoms with E-state index in [4.69, 9.17) is 14.2 Å². The summed E-state index contributed by atoms with van der Waals surface area (Å²) in [6.07, 6.45) is 1.95. The standard InChI is InChI=1S/C28H32FNO3.ClH/c29-25-11-7-23(8-12-25)21-33-28-19-30-16-15-27(28)24-9-13-26(14-10-24)32-18-4-17-31-20-22-5-2-1-3-6-22;/h1-3,5-14,27-28,30H,4,15-21H2;1H. The first kappa shape index (κ1) is 26.2. The molecule has 1 saturated heterocycles. The van der Waals surface area contributed by atoms with Crippen LogP contribution in [0.2, 0.25) is 0 Å². The summed E-state index contributed by atoms with van der Waals surface area (Å²) in [5.74, 6) is 0.977. The number of ether oxygens (including phenoxy) is 3. The van der Waals surface area contributed by atoms with Crippen LogP contribution in [0.25, 0.3) is 0 Å². The van der Waals surface area contributed by atoms with E-state index in [2.05, 4.69) is 29.6 Å². The van der Waals surface area contributed by atoms with E-state index in [-0.39, 0.29) is 24.3 Å². The van der Waals surface area contributed by atoms with Gasteiger partial charge in [-0.15, -0.1) is 12.4 Å². The molecule has 34 heavy (non-hydrogen) atoms. The largest absolute Gasteiger partial charge is 0.494 e. The van der Waals surface area contributed by atoms with E-state index < -0.39 is 0 Å². The van der Waals surface area contributed by atoms with Gasteiger partial charge >= 0.3 is 0 Å². The van der Waals surface area contributed by atoms with Gasteiger partial charge in [-0.25, -0.2) is 4.39 Å². The van der Waals surface area contributed by atoms with Crippen LogP contribution in [0.5, 0.6) is 5.75 Å². The van der Waals surface area contributed by atoms with Crippen LogP contribution >= 0.6 is 12.4 Å².